The number of rotatable bonds is 0. The number of aromatic nitrogens is 2. The summed E-state index contributed by atoms with van der Waals surface area (Å²) < 4.78 is 2.36. The van der Waals surface area contributed by atoms with E-state index in [9.17, 15) is 0 Å². The van der Waals surface area contributed by atoms with Crippen LogP contribution in [0.25, 0.3) is 22.0 Å². The van der Waals surface area contributed by atoms with Gasteiger partial charge in [-0.05, 0) is 17.5 Å². The number of nitrogens with zero attached hydrogens (tertiary/aromatic N) is 2. The number of benzene rings is 1. The van der Waals surface area contributed by atoms with E-state index in [-0.39, 0.29) is 5.54 Å². The zero-order chi connectivity index (χ0) is 13.0. The smallest absolute Gasteiger partial charge is 0.221 e. The van der Waals surface area contributed by atoms with E-state index >= 15 is 0 Å². The fourth-order valence-corrected chi connectivity index (χ4v) is 3.18. The molecule has 0 aliphatic carbocycles. The molecule has 0 saturated carbocycles. The molecule has 0 radical (unpaired) electrons. The van der Waals surface area contributed by atoms with Crippen molar-refractivity contribution >= 4 is 10.8 Å². The second-order valence-electron chi connectivity index (χ2n) is 5.60. The van der Waals surface area contributed by atoms with Crippen LogP contribution in [0.15, 0.2) is 55.0 Å². The summed E-state index contributed by atoms with van der Waals surface area (Å²) in [4.78, 5) is 4.30. The maximum absolute atomic E-state index is 4.30. The van der Waals surface area contributed by atoms with Gasteiger partial charge >= 0.3 is 0 Å². The molecule has 1 aromatic carbocycles. The molecule has 2 heteroatoms. The van der Waals surface area contributed by atoms with Crippen molar-refractivity contribution < 1.29 is 4.57 Å². The minimum absolute atomic E-state index is 0.0387. The van der Waals surface area contributed by atoms with Crippen LogP contribution in [0.1, 0.15) is 19.4 Å². The Hall–Kier alpha value is -2.22. The lowest BCUT2D eigenvalue weighted by Gasteiger charge is -2.14. The second kappa shape index (κ2) is 3.41. The summed E-state index contributed by atoms with van der Waals surface area (Å²) in [5.41, 5.74) is 3.87. The molecular weight excluding hydrogens is 232 g/mol. The van der Waals surface area contributed by atoms with Crippen molar-refractivity contribution in [3.05, 3.63) is 60.6 Å². The van der Waals surface area contributed by atoms with Crippen molar-refractivity contribution in [2.24, 2.45) is 0 Å². The number of hydrogen-bond donors (Lipinski definition) is 0. The molecule has 2 aromatic heterocycles. The summed E-state index contributed by atoms with van der Waals surface area (Å²) in [6.45, 7) is 4.50. The van der Waals surface area contributed by atoms with Gasteiger partial charge < -0.3 is 0 Å². The molecule has 0 saturated heterocycles. The lowest BCUT2D eigenvalue weighted by Crippen LogP contribution is -2.50. The predicted molar refractivity (Wildman–Crippen MR) is 75.8 cm³/mol. The fourth-order valence-electron chi connectivity index (χ4n) is 3.18. The molecule has 0 fully saturated rings. The Morgan fingerprint density at radius 2 is 1.89 bits per heavy atom. The van der Waals surface area contributed by atoms with E-state index in [1.54, 1.807) is 0 Å². The zero-order valence-corrected chi connectivity index (χ0v) is 11.1. The van der Waals surface area contributed by atoms with Crippen LogP contribution in [-0.4, -0.2) is 4.98 Å². The van der Waals surface area contributed by atoms with E-state index in [1.165, 1.54) is 27.6 Å². The lowest BCUT2D eigenvalue weighted by atomic mass is 9.95. The first-order chi connectivity index (χ1) is 9.19. The van der Waals surface area contributed by atoms with Gasteiger partial charge in [-0.25, -0.2) is 0 Å². The highest BCUT2D eigenvalue weighted by atomic mass is 15.1. The molecule has 0 bridgehead atoms. The van der Waals surface area contributed by atoms with Gasteiger partial charge in [0, 0.05) is 32.3 Å². The van der Waals surface area contributed by atoms with Crippen molar-refractivity contribution in [3.8, 4) is 11.3 Å². The monoisotopic (exact) mass is 247 g/mol. The van der Waals surface area contributed by atoms with Crippen LogP contribution in [0.5, 0.6) is 0 Å². The molecule has 19 heavy (non-hydrogen) atoms. The Bertz CT molecular complexity index is 803. The van der Waals surface area contributed by atoms with Crippen molar-refractivity contribution in [2.75, 3.05) is 0 Å². The average Bonchev–Trinajstić information content (AvgIpc) is 2.68. The molecular formula is C17H15N2+. The standard InChI is InChI=1S/C17H15N2/c1-17(2)15-11-18-9-7-14(15)16-13-6-4-3-5-12(13)8-10-19(16)17/h3-11H,1-2H3/q+1. The largest absolute Gasteiger partial charge is 0.264 e. The molecule has 2 nitrogen and oxygen atoms in total. The van der Waals surface area contributed by atoms with Gasteiger partial charge in [-0.2, -0.15) is 4.57 Å². The average molecular weight is 247 g/mol. The van der Waals surface area contributed by atoms with Gasteiger partial charge in [0.1, 0.15) is 0 Å². The van der Waals surface area contributed by atoms with Gasteiger partial charge in [-0.1, -0.05) is 18.2 Å². The molecule has 3 heterocycles. The minimum Gasteiger partial charge on any atom is -0.264 e. The predicted octanol–water partition coefficient (Wildman–Crippen LogP) is 3.29. The summed E-state index contributed by atoms with van der Waals surface area (Å²) >= 11 is 0. The maximum Gasteiger partial charge on any atom is 0.221 e. The lowest BCUT2D eigenvalue weighted by molar-refractivity contribution is -0.730. The van der Waals surface area contributed by atoms with E-state index in [2.05, 4.69) is 66.0 Å². The van der Waals surface area contributed by atoms with E-state index in [0.717, 1.165) is 0 Å². The summed E-state index contributed by atoms with van der Waals surface area (Å²) in [6.07, 6.45) is 6.07. The first kappa shape index (κ1) is 10.7. The molecule has 0 spiro atoms. The van der Waals surface area contributed by atoms with E-state index in [0.29, 0.717) is 0 Å². The van der Waals surface area contributed by atoms with Gasteiger partial charge in [0.25, 0.3) is 0 Å². The molecule has 1 aliphatic rings. The molecule has 3 aromatic rings. The van der Waals surface area contributed by atoms with Crippen LogP contribution in [0.2, 0.25) is 0 Å². The summed E-state index contributed by atoms with van der Waals surface area (Å²) in [5, 5.41) is 2.59. The van der Waals surface area contributed by atoms with E-state index in [1.807, 2.05) is 12.4 Å². The first-order valence-corrected chi connectivity index (χ1v) is 6.58. The third-order valence-corrected chi connectivity index (χ3v) is 4.20. The first-order valence-electron chi connectivity index (χ1n) is 6.58. The minimum atomic E-state index is -0.0387. The van der Waals surface area contributed by atoms with Gasteiger partial charge in [0.15, 0.2) is 11.7 Å². The number of pyridine rings is 2. The van der Waals surface area contributed by atoms with Crippen LogP contribution in [0, 0.1) is 0 Å². The Labute approximate surface area is 112 Å². The highest BCUT2D eigenvalue weighted by Crippen LogP contribution is 2.39. The van der Waals surface area contributed by atoms with Crippen LogP contribution >= 0.6 is 0 Å². The second-order valence-corrected chi connectivity index (χ2v) is 5.60. The van der Waals surface area contributed by atoms with Crippen molar-refractivity contribution in [1.29, 1.82) is 0 Å². The molecule has 4 rings (SSSR count). The van der Waals surface area contributed by atoms with Gasteiger partial charge in [-0.3, -0.25) is 4.98 Å². The van der Waals surface area contributed by atoms with Crippen LogP contribution < -0.4 is 4.57 Å². The number of fused-ring (bicyclic) bond motifs is 5. The molecule has 1 aliphatic heterocycles. The normalized spacial score (nSPS) is 15.3. The summed E-state index contributed by atoms with van der Waals surface area (Å²) in [7, 11) is 0. The van der Waals surface area contributed by atoms with E-state index in [4.69, 9.17) is 0 Å². The number of hydrogen-bond acceptors (Lipinski definition) is 1. The van der Waals surface area contributed by atoms with Crippen LogP contribution in [0.4, 0.5) is 0 Å². The Kier molecular flexibility index (Phi) is 1.92. The highest BCUT2D eigenvalue weighted by molar-refractivity contribution is 5.94. The van der Waals surface area contributed by atoms with Crippen molar-refractivity contribution in [2.45, 2.75) is 19.4 Å². The zero-order valence-electron chi connectivity index (χ0n) is 11.1. The fraction of sp³-hybridized carbons (Fsp3) is 0.176. The third-order valence-electron chi connectivity index (χ3n) is 4.20. The van der Waals surface area contributed by atoms with Gasteiger partial charge in [0.05, 0.1) is 16.5 Å². The molecule has 0 N–H and O–H groups in total. The molecule has 0 atom stereocenters. The van der Waals surface area contributed by atoms with Crippen LogP contribution in [-0.2, 0) is 5.54 Å². The van der Waals surface area contributed by atoms with Crippen molar-refractivity contribution in [3.63, 3.8) is 0 Å². The summed E-state index contributed by atoms with van der Waals surface area (Å²) in [5.74, 6) is 0. The Morgan fingerprint density at radius 1 is 1.05 bits per heavy atom. The van der Waals surface area contributed by atoms with Gasteiger partial charge in [0.2, 0.25) is 5.69 Å². The summed E-state index contributed by atoms with van der Waals surface area (Å²) in [6, 6.07) is 12.9. The molecule has 0 unspecified atom stereocenters. The SMILES string of the molecule is CC1(C)c2cnccc2-c2c3ccccc3cc[n+]21. The Morgan fingerprint density at radius 3 is 2.79 bits per heavy atom. The molecule has 92 valence electrons. The molecule has 0 amide bonds. The van der Waals surface area contributed by atoms with E-state index < -0.39 is 0 Å². The quantitative estimate of drug-likeness (QED) is 0.557. The highest BCUT2D eigenvalue weighted by Gasteiger charge is 2.44. The Balaban J connectivity index is 2.22. The van der Waals surface area contributed by atoms with Crippen LogP contribution in [0.3, 0.4) is 0 Å². The third kappa shape index (κ3) is 1.26. The van der Waals surface area contributed by atoms with Gasteiger partial charge in [-0.15, -0.1) is 0 Å². The topological polar surface area (TPSA) is 16.8 Å². The maximum atomic E-state index is 4.30. The van der Waals surface area contributed by atoms with Crippen molar-refractivity contribution in [1.82, 2.24) is 4.98 Å².